The van der Waals surface area contributed by atoms with Crippen molar-refractivity contribution in [3.8, 4) is 11.5 Å². The molecule has 1 N–H and O–H groups in total. The lowest BCUT2D eigenvalue weighted by molar-refractivity contribution is 0.238. The molecule has 0 aromatic heterocycles. The Labute approximate surface area is 125 Å². The second kappa shape index (κ2) is 5.93. The summed E-state index contributed by atoms with van der Waals surface area (Å²) in [5.74, 6) is 1.99. The van der Waals surface area contributed by atoms with Gasteiger partial charge in [0.15, 0.2) is 11.5 Å². The molecule has 0 saturated carbocycles. The second-order valence-corrected chi connectivity index (χ2v) is 5.57. The van der Waals surface area contributed by atoms with Crippen molar-refractivity contribution in [3.05, 3.63) is 23.8 Å². The van der Waals surface area contributed by atoms with Gasteiger partial charge in [-0.3, -0.25) is 0 Å². The van der Waals surface area contributed by atoms with Crippen molar-refractivity contribution in [2.75, 3.05) is 33.9 Å². The average Bonchev–Trinajstić information content (AvgIpc) is 2.97. The van der Waals surface area contributed by atoms with Gasteiger partial charge in [-0.1, -0.05) is 13.0 Å². The van der Waals surface area contributed by atoms with Crippen molar-refractivity contribution < 1.29 is 9.47 Å². The summed E-state index contributed by atoms with van der Waals surface area (Å²) in [7, 11) is 3.33. The van der Waals surface area contributed by atoms with Crippen LogP contribution in [0.15, 0.2) is 23.3 Å². The first-order chi connectivity index (χ1) is 10.3. The molecule has 21 heavy (non-hydrogen) atoms. The predicted molar refractivity (Wildman–Crippen MR) is 83.1 cm³/mol. The summed E-state index contributed by atoms with van der Waals surface area (Å²) in [4.78, 5) is 2.49. The lowest BCUT2D eigenvalue weighted by atomic mass is 9.86. The summed E-state index contributed by atoms with van der Waals surface area (Å²) >= 11 is 0. The van der Waals surface area contributed by atoms with Gasteiger partial charge in [-0.25, -0.2) is 0 Å². The van der Waals surface area contributed by atoms with Crippen molar-refractivity contribution in [2.45, 2.75) is 19.4 Å². The van der Waals surface area contributed by atoms with Crippen molar-refractivity contribution in [3.63, 3.8) is 0 Å². The molecule has 0 radical (unpaired) electrons. The summed E-state index contributed by atoms with van der Waals surface area (Å²) in [5, 5.41) is 4.55. The molecule has 2 unspecified atom stereocenters. The predicted octanol–water partition coefficient (Wildman–Crippen LogP) is 2.05. The molecule has 2 heterocycles. The van der Waals surface area contributed by atoms with E-state index in [1.54, 1.807) is 14.2 Å². The Hall–Kier alpha value is -1.75. The highest BCUT2D eigenvalue weighted by Crippen LogP contribution is 2.36. The maximum atomic E-state index is 5.41. The van der Waals surface area contributed by atoms with Crippen LogP contribution in [0.3, 0.4) is 0 Å². The molecule has 0 aliphatic carbocycles. The molecule has 5 heteroatoms. The van der Waals surface area contributed by atoms with Gasteiger partial charge in [-0.05, 0) is 24.2 Å². The lowest BCUT2D eigenvalue weighted by Gasteiger charge is -2.32. The Morgan fingerprint density at radius 3 is 2.81 bits per heavy atom. The number of hydrogen-bond acceptors (Lipinski definition) is 5. The Morgan fingerprint density at radius 2 is 2.10 bits per heavy atom. The highest BCUT2D eigenvalue weighted by Gasteiger charge is 2.36. The zero-order chi connectivity index (χ0) is 14.8. The molecule has 1 fully saturated rings. The number of hydrazone groups is 1. The molecule has 5 nitrogen and oxygen atoms in total. The summed E-state index contributed by atoms with van der Waals surface area (Å²) < 4.78 is 10.7. The fourth-order valence-electron chi connectivity index (χ4n) is 3.25. The van der Waals surface area contributed by atoms with Gasteiger partial charge in [-0.15, -0.1) is 0 Å². The van der Waals surface area contributed by atoms with Crippen LogP contribution >= 0.6 is 0 Å². The number of rotatable bonds is 4. The maximum Gasteiger partial charge on any atom is 0.161 e. The quantitative estimate of drug-likeness (QED) is 0.921. The highest BCUT2D eigenvalue weighted by atomic mass is 16.5. The van der Waals surface area contributed by atoms with Gasteiger partial charge in [0.2, 0.25) is 0 Å². The Morgan fingerprint density at radius 1 is 1.29 bits per heavy atom. The van der Waals surface area contributed by atoms with Gasteiger partial charge in [0, 0.05) is 31.1 Å². The van der Waals surface area contributed by atoms with E-state index in [0.29, 0.717) is 5.92 Å². The van der Waals surface area contributed by atoms with Crippen LogP contribution in [-0.4, -0.2) is 44.5 Å². The van der Waals surface area contributed by atoms with Crippen LogP contribution in [-0.2, 0) is 0 Å². The zero-order valence-corrected chi connectivity index (χ0v) is 12.9. The fourth-order valence-corrected chi connectivity index (χ4v) is 3.25. The minimum absolute atomic E-state index is 0.231. The topological polar surface area (TPSA) is 46.1 Å². The van der Waals surface area contributed by atoms with E-state index in [0.717, 1.165) is 37.6 Å². The zero-order valence-electron chi connectivity index (χ0n) is 12.9. The number of nitrogens with zero attached hydrogens (tertiary/aromatic N) is 2. The average molecular weight is 289 g/mol. The first-order valence-corrected chi connectivity index (χ1v) is 7.53. The Balaban J connectivity index is 1.84. The molecule has 2 aliphatic rings. The first-order valence-electron chi connectivity index (χ1n) is 7.53. The summed E-state index contributed by atoms with van der Waals surface area (Å²) in [5.41, 5.74) is 5.82. The molecule has 0 bridgehead atoms. The van der Waals surface area contributed by atoms with E-state index >= 15 is 0 Å². The molecule has 3 rings (SSSR count). The third-order valence-corrected chi connectivity index (χ3v) is 4.53. The third kappa shape index (κ3) is 2.58. The Bertz CT molecular complexity index is 544. The standard InChI is InChI=1S/C16H23N3O2/c1-4-19-8-7-13-12(10-19)16(18-17-13)11-5-6-14(20-2)15(9-11)21-3/h5-6,9,12,16,18H,4,7-8,10H2,1-3H3. The largest absolute Gasteiger partial charge is 0.493 e. The van der Waals surface area contributed by atoms with Gasteiger partial charge < -0.3 is 19.8 Å². The number of piperidine rings is 1. The number of ether oxygens (including phenoxy) is 2. The van der Waals surface area contributed by atoms with Crippen molar-refractivity contribution in [1.29, 1.82) is 0 Å². The fraction of sp³-hybridized carbons (Fsp3) is 0.562. The Kier molecular flexibility index (Phi) is 4.01. The van der Waals surface area contributed by atoms with Gasteiger partial charge in [-0.2, -0.15) is 5.10 Å². The van der Waals surface area contributed by atoms with E-state index < -0.39 is 0 Å². The van der Waals surface area contributed by atoms with E-state index in [-0.39, 0.29) is 6.04 Å². The van der Waals surface area contributed by atoms with E-state index in [4.69, 9.17) is 9.47 Å². The smallest absolute Gasteiger partial charge is 0.161 e. The molecular weight excluding hydrogens is 266 g/mol. The van der Waals surface area contributed by atoms with E-state index in [9.17, 15) is 0 Å². The molecule has 0 spiro atoms. The molecule has 2 aliphatic heterocycles. The number of fused-ring (bicyclic) bond motifs is 1. The molecular formula is C16H23N3O2. The van der Waals surface area contributed by atoms with Crippen LogP contribution in [0.5, 0.6) is 11.5 Å². The molecule has 1 aromatic carbocycles. The molecule has 1 aromatic rings. The highest BCUT2D eigenvalue weighted by molar-refractivity contribution is 5.89. The van der Waals surface area contributed by atoms with Gasteiger partial charge in [0.25, 0.3) is 0 Å². The summed E-state index contributed by atoms with van der Waals surface area (Å²) in [6.45, 7) is 5.51. The minimum atomic E-state index is 0.231. The van der Waals surface area contributed by atoms with Crippen LogP contribution in [0.4, 0.5) is 0 Å². The van der Waals surface area contributed by atoms with Crippen LogP contribution < -0.4 is 14.9 Å². The lowest BCUT2D eigenvalue weighted by Crippen LogP contribution is -2.41. The minimum Gasteiger partial charge on any atom is -0.493 e. The van der Waals surface area contributed by atoms with Crippen molar-refractivity contribution >= 4 is 5.71 Å². The second-order valence-electron chi connectivity index (χ2n) is 5.57. The summed E-state index contributed by atoms with van der Waals surface area (Å²) in [6.07, 6.45) is 1.06. The van der Waals surface area contributed by atoms with Crippen LogP contribution in [0.25, 0.3) is 0 Å². The van der Waals surface area contributed by atoms with Crippen LogP contribution in [0.2, 0.25) is 0 Å². The number of methoxy groups -OCH3 is 2. The molecule has 2 atom stereocenters. The number of benzene rings is 1. The van der Waals surface area contributed by atoms with E-state index in [1.807, 2.05) is 6.07 Å². The van der Waals surface area contributed by atoms with Crippen LogP contribution in [0, 0.1) is 5.92 Å². The first kappa shape index (κ1) is 14.2. The van der Waals surface area contributed by atoms with Crippen molar-refractivity contribution in [2.24, 2.45) is 11.0 Å². The summed E-state index contributed by atoms with van der Waals surface area (Å²) in [6, 6.07) is 6.35. The van der Waals surface area contributed by atoms with E-state index in [1.165, 1.54) is 11.3 Å². The maximum absolute atomic E-state index is 5.41. The molecule has 0 amide bonds. The van der Waals surface area contributed by atoms with Gasteiger partial charge >= 0.3 is 0 Å². The van der Waals surface area contributed by atoms with Crippen LogP contribution in [0.1, 0.15) is 24.9 Å². The number of nitrogens with one attached hydrogen (secondary N) is 1. The molecule has 1 saturated heterocycles. The van der Waals surface area contributed by atoms with Gasteiger partial charge in [0.1, 0.15) is 0 Å². The normalized spacial score (nSPS) is 25.0. The monoisotopic (exact) mass is 289 g/mol. The van der Waals surface area contributed by atoms with Gasteiger partial charge in [0.05, 0.1) is 20.3 Å². The number of hydrogen-bond donors (Lipinski definition) is 1. The number of likely N-dealkylation sites (tertiary alicyclic amines) is 1. The van der Waals surface area contributed by atoms with E-state index in [2.05, 4.69) is 34.5 Å². The third-order valence-electron chi connectivity index (χ3n) is 4.53. The van der Waals surface area contributed by atoms with Crippen molar-refractivity contribution in [1.82, 2.24) is 10.3 Å². The SMILES string of the molecule is CCN1CCC2=NNC(c3ccc(OC)c(OC)c3)C2C1. The molecule has 114 valence electrons.